The van der Waals surface area contributed by atoms with Crippen LogP contribution in [0, 0.1) is 0 Å². The van der Waals surface area contributed by atoms with Gasteiger partial charge in [0.25, 0.3) is 11.8 Å². The van der Waals surface area contributed by atoms with Crippen LogP contribution in [0.15, 0.2) is 54.2 Å². The molecule has 31 heavy (non-hydrogen) atoms. The number of carbonyl (C=O) groups is 2. The zero-order chi connectivity index (χ0) is 22.2. The minimum atomic E-state index is -0.312. The lowest BCUT2D eigenvalue weighted by Crippen LogP contribution is -2.33. The van der Waals surface area contributed by atoms with Gasteiger partial charge in [-0.05, 0) is 49.1 Å². The van der Waals surface area contributed by atoms with Crippen molar-refractivity contribution in [3.05, 3.63) is 59.8 Å². The Kier molecular flexibility index (Phi) is 7.70. The van der Waals surface area contributed by atoms with Crippen molar-refractivity contribution in [3.63, 3.8) is 0 Å². The monoisotopic (exact) mass is 422 g/mol. The maximum Gasteiger partial charge on any atom is 0.278 e. The van der Waals surface area contributed by atoms with Crippen LogP contribution in [-0.2, 0) is 9.59 Å². The lowest BCUT2D eigenvalue weighted by Gasteiger charge is -2.14. The van der Waals surface area contributed by atoms with Crippen LogP contribution in [0.3, 0.4) is 0 Å². The number of amides is 2. The van der Waals surface area contributed by atoms with Gasteiger partial charge in [-0.15, -0.1) is 0 Å². The van der Waals surface area contributed by atoms with Crippen LogP contribution in [0.4, 0.5) is 5.69 Å². The van der Waals surface area contributed by atoms with Crippen LogP contribution in [0.25, 0.3) is 5.57 Å². The van der Waals surface area contributed by atoms with Crippen LogP contribution in [0.2, 0.25) is 0 Å². The molecule has 0 unspecified atom stereocenters. The van der Waals surface area contributed by atoms with Gasteiger partial charge in [-0.25, -0.2) is 0 Å². The van der Waals surface area contributed by atoms with Gasteiger partial charge in [-0.3, -0.25) is 14.5 Å². The van der Waals surface area contributed by atoms with E-state index in [0.29, 0.717) is 48.8 Å². The van der Waals surface area contributed by atoms with Crippen molar-refractivity contribution in [1.29, 1.82) is 0 Å². The molecule has 164 valence electrons. The van der Waals surface area contributed by atoms with E-state index in [2.05, 4.69) is 5.32 Å². The summed E-state index contributed by atoms with van der Waals surface area (Å²) in [6, 6.07) is 14.7. The second-order valence-electron chi connectivity index (χ2n) is 7.39. The summed E-state index contributed by atoms with van der Waals surface area (Å²) in [5, 5.41) is 3.18. The summed E-state index contributed by atoms with van der Waals surface area (Å²) >= 11 is 0. The molecule has 1 aliphatic heterocycles. The van der Waals surface area contributed by atoms with E-state index < -0.39 is 0 Å². The molecule has 0 atom stereocenters. The van der Waals surface area contributed by atoms with E-state index in [1.807, 2.05) is 69.3 Å². The highest BCUT2D eigenvalue weighted by atomic mass is 16.5. The van der Waals surface area contributed by atoms with E-state index in [0.717, 1.165) is 18.6 Å². The van der Waals surface area contributed by atoms with Crippen molar-refractivity contribution in [2.75, 3.05) is 25.1 Å². The molecule has 0 saturated heterocycles. The summed E-state index contributed by atoms with van der Waals surface area (Å²) in [4.78, 5) is 27.5. The lowest BCUT2D eigenvalue weighted by molar-refractivity contribution is -0.136. The van der Waals surface area contributed by atoms with Crippen molar-refractivity contribution in [2.24, 2.45) is 0 Å². The van der Waals surface area contributed by atoms with E-state index in [1.165, 1.54) is 4.90 Å². The molecule has 0 radical (unpaired) electrons. The molecule has 2 aromatic rings. The van der Waals surface area contributed by atoms with Gasteiger partial charge < -0.3 is 14.8 Å². The molecular formula is C25H30N2O4. The lowest BCUT2D eigenvalue weighted by atomic mass is 10.0. The van der Waals surface area contributed by atoms with Crippen molar-refractivity contribution in [1.82, 2.24) is 4.90 Å². The van der Waals surface area contributed by atoms with E-state index in [9.17, 15) is 9.59 Å². The zero-order valence-corrected chi connectivity index (χ0v) is 18.4. The molecule has 3 rings (SSSR count). The van der Waals surface area contributed by atoms with E-state index in [4.69, 9.17) is 9.47 Å². The molecule has 2 aromatic carbocycles. The first-order valence-corrected chi connectivity index (χ1v) is 10.9. The fraction of sp³-hybridized carbons (Fsp3) is 0.360. The van der Waals surface area contributed by atoms with Gasteiger partial charge in [0.15, 0.2) is 0 Å². The minimum absolute atomic E-state index is 0.282. The van der Waals surface area contributed by atoms with E-state index >= 15 is 0 Å². The third-order valence-corrected chi connectivity index (χ3v) is 4.81. The minimum Gasteiger partial charge on any atom is -0.494 e. The SMILES string of the molecule is CCCOc1ccc(C2=C(Nc3cccc(OCCC)c3)C(=O)N(CCC)C2=O)cc1. The van der Waals surface area contributed by atoms with Crippen molar-refractivity contribution in [3.8, 4) is 11.5 Å². The third-order valence-electron chi connectivity index (χ3n) is 4.81. The highest BCUT2D eigenvalue weighted by molar-refractivity contribution is 6.36. The zero-order valence-electron chi connectivity index (χ0n) is 18.4. The molecule has 1 heterocycles. The van der Waals surface area contributed by atoms with Gasteiger partial charge in [0.2, 0.25) is 0 Å². The predicted octanol–water partition coefficient (Wildman–Crippen LogP) is 4.87. The molecule has 0 spiro atoms. The van der Waals surface area contributed by atoms with Crippen LogP contribution >= 0.6 is 0 Å². The number of nitrogens with zero attached hydrogens (tertiary/aromatic N) is 1. The van der Waals surface area contributed by atoms with Gasteiger partial charge in [-0.1, -0.05) is 39.0 Å². The van der Waals surface area contributed by atoms with E-state index in [1.54, 1.807) is 0 Å². The van der Waals surface area contributed by atoms with E-state index in [-0.39, 0.29) is 17.5 Å². The van der Waals surface area contributed by atoms with Gasteiger partial charge in [0, 0.05) is 18.3 Å². The Morgan fingerprint density at radius 1 is 0.806 bits per heavy atom. The highest BCUT2D eigenvalue weighted by Gasteiger charge is 2.38. The molecule has 2 amide bonds. The van der Waals surface area contributed by atoms with Gasteiger partial charge >= 0.3 is 0 Å². The maximum absolute atomic E-state index is 13.1. The number of rotatable bonds is 11. The number of hydrogen-bond donors (Lipinski definition) is 1. The molecule has 1 aliphatic rings. The molecular weight excluding hydrogens is 392 g/mol. The van der Waals surface area contributed by atoms with Crippen LogP contribution < -0.4 is 14.8 Å². The largest absolute Gasteiger partial charge is 0.494 e. The molecule has 6 nitrogen and oxygen atoms in total. The molecule has 0 bridgehead atoms. The quantitative estimate of drug-likeness (QED) is 0.524. The van der Waals surface area contributed by atoms with Gasteiger partial charge in [-0.2, -0.15) is 0 Å². The molecule has 0 fully saturated rings. The fourth-order valence-electron chi connectivity index (χ4n) is 3.35. The standard InChI is InChI=1S/C25H30N2O4/c1-4-14-27-24(28)22(18-10-12-20(13-11-18)30-15-5-2)23(25(27)29)26-19-8-7-9-21(17-19)31-16-6-3/h7-13,17,26H,4-6,14-16H2,1-3H3. The van der Waals surface area contributed by atoms with Crippen molar-refractivity contribution in [2.45, 2.75) is 40.0 Å². The summed E-state index contributed by atoms with van der Waals surface area (Å²) in [6.45, 7) is 7.66. The first-order valence-electron chi connectivity index (χ1n) is 10.9. The number of benzene rings is 2. The summed E-state index contributed by atoms with van der Waals surface area (Å²) in [5.41, 5.74) is 2.04. The summed E-state index contributed by atoms with van der Waals surface area (Å²) in [6.07, 6.45) is 2.52. The number of ether oxygens (including phenoxy) is 2. The Bertz CT molecular complexity index is 950. The van der Waals surface area contributed by atoms with Gasteiger partial charge in [0.1, 0.15) is 17.2 Å². The third kappa shape index (κ3) is 5.26. The van der Waals surface area contributed by atoms with Crippen molar-refractivity contribution < 1.29 is 19.1 Å². The number of carbonyl (C=O) groups excluding carboxylic acids is 2. The van der Waals surface area contributed by atoms with Crippen LogP contribution in [0.1, 0.15) is 45.6 Å². The normalized spacial score (nSPS) is 13.7. The average molecular weight is 423 g/mol. The second kappa shape index (κ2) is 10.7. The number of anilines is 1. The van der Waals surface area contributed by atoms with Crippen molar-refractivity contribution >= 4 is 23.1 Å². The Morgan fingerprint density at radius 3 is 2.13 bits per heavy atom. The Hall–Kier alpha value is -3.28. The summed E-state index contributed by atoms with van der Waals surface area (Å²) < 4.78 is 11.3. The number of imide groups is 1. The average Bonchev–Trinajstić information content (AvgIpc) is 3.01. The number of hydrogen-bond acceptors (Lipinski definition) is 5. The molecule has 6 heteroatoms. The first-order chi connectivity index (χ1) is 15.1. The molecule has 0 saturated carbocycles. The van der Waals surface area contributed by atoms with Crippen LogP contribution in [-0.4, -0.2) is 36.5 Å². The molecule has 0 aromatic heterocycles. The van der Waals surface area contributed by atoms with Gasteiger partial charge in [0.05, 0.1) is 18.8 Å². The Balaban J connectivity index is 1.94. The first kappa shape index (κ1) is 22.4. The summed E-state index contributed by atoms with van der Waals surface area (Å²) in [7, 11) is 0. The maximum atomic E-state index is 13.1. The highest BCUT2D eigenvalue weighted by Crippen LogP contribution is 2.32. The number of nitrogens with one attached hydrogen (secondary N) is 1. The molecule has 0 aliphatic carbocycles. The second-order valence-corrected chi connectivity index (χ2v) is 7.39. The molecule has 1 N–H and O–H groups in total. The smallest absolute Gasteiger partial charge is 0.278 e. The van der Waals surface area contributed by atoms with Crippen LogP contribution in [0.5, 0.6) is 11.5 Å². The summed E-state index contributed by atoms with van der Waals surface area (Å²) in [5.74, 6) is 0.861. The Labute approximate surface area is 183 Å². The predicted molar refractivity (Wildman–Crippen MR) is 122 cm³/mol. The fourth-order valence-corrected chi connectivity index (χ4v) is 3.35. The Morgan fingerprint density at radius 2 is 1.48 bits per heavy atom. The topological polar surface area (TPSA) is 67.9 Å².